The number of halogens is 1. The highest BCUT2D eigenvalue weighted by atomic mass is 35.5. The van der Waals surface area contributed by atoms with Crippen molar-refractivity contribution in [2.45, 2.75) is 52.0 Å². The van der Waals surface area contributed by atoms with E-state index >= 15 is 0 Å². The van der Waals surface area contributed by atoms with E-state index in [-0.39, 0.29) is 30.3 Å². The Hall–Kier alpha value is -1.59. The van der Waals surface area contributed by atoms with Gasteiger partial charge in [0.05, 0.1) is 6.04 Å². The number of amides is 2. The molecule has 3 unspecified atom stereocenters. The zero-order valence-electron chi connectivity index (χ0n) is 15.6. The largest absolute Gasteiger partial charge is 0.350 e. The lowest BCUT2D eigenvalue weighted by Crippen LogP contribution is -2.36. The molecule has 144 valence electrons. The first-order valence-corrected chi connectivity index (χ1v) is 9.45. The first kappa shape index (κ1) is 20.7. The van der Waals surface area contributed by atoms with E-state index in [9.17, 15) is 9.59 Å². The Balaban J connectivity index is 0.00000243. The third-order valence-electron chi connectivity index (χ3n) is 5.55. The molecule has 2 aliphatic rings. The average molecular weight is 380 g/mol. The summed E-state index contributed by atoms with van der Waals surface area (Å²) in [6, 6.07) is 6.02. The van der Waals surface area contributed by atoms with Crippen LogP contribution in [0.15, 0.2) is 18.2 Å². The maximum absolute atomic E-state index is 12.4. The molecule has 0 aliphatic carbocycles. The van der Waals surface area contributed by atoms with Crippen LogP contribution in [0.1, 0.15) is 56.7 Å². The molecule has 0 bridgehead atoms. The van der Waals surface area contributed by atoms with E-state index in [1.807, 2.05) is 19.1 Å². The maximum Gasteiger partial charge on any atom is 0.224 e. The number of nitrogens with one attached hydrogen (secondary N) is 3. The van der Waals surface area contributed by atoms with Crippen LogP contribution < -0.4 is 16.0 Å². The van der Waals surface area contributed by atoms with Gasteiger partial charge in [-0.3, -0.25) is 9.59 Å². The second-order valence-electron chi connectivity index (χ2n) is 7.54. The summed E-state index contributed by atoms with van der Waals surface area (Å²) in [5, 5.41) is 9.46. The predicted molar refractivity (Wildman–Crippen MR) is 107 cm³/mol. The number of fused-ring (bicyclic) bond motifs is 1. The van der Waals surface area contributed by atoms with Crippen molar-refractivity contribution in [1.29, 1.82) is 0 Å². The smallest absolute Gasteiger partial charge is 0.224 e. The van der Waals surface area contributed by atoms with Crippen LogP contribution in [0.25, 0.3) is 0 Å². The van der Waals surface area contributed by atoms with E-state index < -0.39 is 0 Å². The highest BCUT2D eigenvalue weighted by Gasteiger charge is 2.23. The minimum absolute atomic E-state index is 0. The third-order valence-corrected chi connectivity index (χ3v) is 5.55. The van der Waals surface area contributed by atoms with Crippen molar-refractivity contribution in [2.75, 3.05) is 18.4 Å². The van der Waals surface area contributed by atoms with Gasteiger partial charge in [-0.15, -0.1) is 12.4 Å². The van der Waals surface area contributed by atoms with Crippen LogP contribution in [-0.4, -0.2) is 24.9 Å². The number of carbonyl (C=O) groups is 2. The third kappa shape index (κ3) is 5.21. The summed E-state index contributed by atoms with van der Waals surface area (Å²) >= 11 is 0. The number of hydrogen-bond acceptors (Lipinski definition) is 3. The fourth-order valence-corrected chi connectivity index (χ4v) is 3.88. The number of aryl methyl sites for hydroxylation is 1. The lowest BCUT2D eigenvalue weighted by Gasteiger charge is -2.28. The molecule has 1 saturated heterocycles. The fraction of sp³-hybridized carbons (Fsp3) is 0.600. The van der Waals surface area contributed by atoms with Crippen LogP contribution in [0.5, 0.6) is 0 Å². The zero-order chi connectivity index (χ0) is 17.8. The minimum atomic E-state index is -0.0212. The summed E-state index contributed by atoms with van der Waals surface area (Å²) in [6.07, 6.45) is 4.30. The van der Waals surface area contributed by atoms with Crippen molar-refractivity contribution in [3.8, 4) is 0 Å². The molecule has 0 spiro atoms. The fourth-order valence-electron chi connectivity index (χ4n) is 3.88. The van der Waals surface area contributed by atoms with Crippen molar-refractivity contribution in [3.05, 3.63) is 29.3 Å². The number of carbonyl (C=O) groups excluding carboxylic acids is 2. The second kappa shape index (κ2) is 9.38. The van der Waals surface area contributed by atoms with Gasteiger partial charge in [-0.25, -0.2) is 0 Å². The first-order chi connectivity index (χ1) is 12.0. The van der Waals surface area contributed by atoms with Crippen molar-refractivity contribution in [3.63, 3.8) is 0 Å². The topological polar surface area (TPSA) is 70.2 Å². The van der Waals surface area contributed by atoms with Gasteiger partial charge in [0.25, 0.3) is 0 Å². The van der Waals surface area contributed by atoms with E-state index in [0.717, 1.165) is 36.3 Å². The molecule has 0 aromatic heterocycles. The SMILES string of the molecule is CC(NC(=O)CC(C)C1CCCNC1)c1ccc2c(c1)CCC(=O)N2.Cl. The molecular weight excluding hydrogens is 350 g/mol. The van der Waals surface area contributed by atoms with Gasteiger partial charge >= 0.3 is 0 Å². The molecular formula is C20H30ClN3O2. The van der Waals surface area contributed by atoms with Crippen molar-refractivity contribution < 1.29 is 9.59 Å². The summed E-state index contributed by atoms with van der Waals surface area (Å²) in [4.78, 5) is 23.9. The first-order valence-electron chi connectivity index (χ1n) is 9.45. The summed E-state index contributed by atoms with van der Waals surface area (Å²) in [7, 11) is 0. The van der Waals surface area contributed by atoms with Crippen LogP contribution in [-0.2, 0) is 16.0 Å². The van der Waals surface area contributed by atoms with E-state index in [2.05, 4.69) is 28.9 Å². The standard InChI is InChI=1S/C20H29N3O2.ClH/c1-13(17-4-3-9-21-12-17)10-20(25)22-14(2)15-5-7-18-16(11-15)6-8-19(24)23-18;/h5,7,11,13-14,17,21H,3-4,6,8-10,12H2,1-2H3,(H,22,25)(H,23,24);1H. The summed E-state index contributed by atoms with van der Waals surface area (Å²) in [6.45, 7) is 6.34. The monoisotopic (exact) mass is 379 g/mol. The van der Waals surface area contributed by atoms with Crippen LogP contribution in [0, 0.1) is 11.8 Å². The Morgan fingerprint density at radius 3 is 2.85 bits per heavy atom. The number of benzene rings is 1. The normalized spacial score (nSPS) is 21.6. The van der Waals surface area contributed by atoms with Crippen LogP contribution in [0.3, 0.4) is 0 Å². The molecule has 3 N–H and O–H groups in total. The highest BCUT2D eigenvalue weighted by Crippen LogP contribution is 2.27. The Bertz CT molecular complexity index is 644. The van der Waals surface area contributed by atoms with Crippen LogP contribution in [0.2, 0.25) is 0 Å². The Morgan fingerprint density at radius 1 is 1.31 bits per heavy atom. The van der Waals surface area contributed by atoms with Crippen LogP contribution >= 0.6 is 12.4 Å². The Kier molecular flexibility index (Phi) is 7.47. The predicted octanol–water partition coefficient (Wildman–Crippen LogP) is 3.20. The molecule has 6 heteroatoms. The molecule has 3 atom stereocenters. The highest BCUT2D eigenvalue weighted by molar-refractivity contribution is 5.93. The number of anilines is 1. The molecule has 2 aliphatic heterocycles. The van der Waals surface area contributed by atoms with E-state index in [1.54, 1.807) is 0 Å². The van der Waals surface area contributed by atoms with Crippen molar-refractivity contribution in [1.82, 2.24) is 10.6 Å². The molecule has 3 rings (SSSR count). The van der Waals surface area contributed by atoms with E-state index in [1.165, 1.54) is 12.8 Å². The molecule has 1 aromatic rings. The molecule has 1 aromatic carbocycles. The molecule has 2 heterocycles. The Labute approximate surface area is 162 Å². The maximum atomic E-state index is 12.4. The molecule has 5 nitrogen and oxygen atoms in total. The lowest BCUT2D eigenvalue weighted by molar-refractivity contribution is -0.123. The van der Waals surface area contributed by atoms with Gasteiger partial charge in [-0.05, 0) is 68.3 Å². The molecule has 2 amide bonds. The van der Waals surface area contributed by atoms with Gasteiger partial charge in [0.2, 0.25) is 11.8 Å². The zero-order valence-corrected chi connectivity index (χ0v) is 16.5. The molecule has 0 radical (unpaired) electrons. The van der Waals surface area contributed by atoms with Crippen molar-refractivity contribution >= 4 is 29.9 Å². The molecule has 0 saturated carbocycles. The quantitative estimate of drug-likeness (QED) is 0.735. The van der Waals surface area contributed by atoms with Gasteiger partial charge in [0.1, 0.15) is 0 Å². The van der Waals surface area contributed by atoms with Gasteiger partial charge in [-0.1, -0.05) is 19.1 Å². The second-order valence-corrected chi connectivity index (χ2v) is 7.54. The van der Waals surface area contributed by atoms with Crippen molar-refractivity contribution in [2.24, 2.45) is 11.8 Å². The number of rotatable bonds is 5. The summed E-state index contributed by atoms with van der Waals surface area (Å²) < 4.78 is 0. The average Bonchev–Trinajstić information content (AvgIpc) is 2.61. The van der Waals surface area contributed by atoms with Gasteiger partial charge < -0.3 is 16.0 Å². The summed E-state index contributed by atoms with van der Waals surface area (Å²) in [5.74, 6) is 1.20. The molecule has 26 heavy (non-hydrogen) atoms. The molecule has 1 fully saturated rings. The van der Waals surface area contributed by atoms with E-state index in [0.29, 0.717) is 24.7 Å². The summed E-state index contributed by atoms with van der Waals surface area (Å²) in [5.41, 5.74) is 3.15. The van der Waals surface area contributed by atoms with Gasteiger partial charge in [0, 0.05) is 18.5 Å². The van der Waals surface area contributed by atoms with Gasteiger partial charge in [0.15, 0.2) is 0 Å². The van der Waals surface area contributed by atoms with E-state index in [4.69, 9.17) is 0 Å². The van der Waals surface area contributed by atoms with Gasteiger partial charge in [-0.2, -0.15) is 0 Å². The number of piperidine rings is 1. The Morgan fingerprint density at radius 2 is 2.12 bits per heavy atom. The minimum Gasteiger partial charge on any atom is -0.350 e. The lowest BCUT2D eigenvalue weighted by atomic mass is 9.85. The number of hydrogen-bond donors (Lipinski definition) is 3. The van der Waals surface area contributed by atoms with Crippen LogP contribution in [0.4, 0.5) is 5.69 Å².